The average Bonchev–Trinajstić information content (AvgIpc) is 3.11. The number of H-pyrrole nitrogens is 1. The maximum atomic E-state index is 5.46. The van der Waals surface area contributed by atoms with Gasteiger partial charge in [0.2, 0.25) is 4.77 Å². The van der Waals surface area contributed by atoms with E-state index in [2.05, 4.69) is 15.3 Å². The van der Waals surface area contributed by atoms with Gasteiger partial charge in [-0.05, 0) is 43.4 Å². The number of benzene rings is 1. The molecule has 0 aliphatic heterocycles. The van der Waals surface area contributed by atoms with E-state index in [1.165, 1.54) is 0 Å². The maximum absolute atomic E-state index is 5.46. The number of hydrogen-bond acceptors (Lipinski definition) is 5. The molecule has 0 saturated carbocycles. The first-order valence-corrected chi connectivity index (χ1v) is 7.01. The van der Waals surface area contributed by atoms with Gasteiger partial charge in [0.05, 0.1) is 13.3 Å². The number of aryl methyl sites for hydroxylation is 1. The van der Waals surface area contributed by atoms with Crippen LogP contribution in [0.4, 0.5) is 0 Å². The molecular weight excluding hydrogens is 300 g/mol. The summed E-state index contributed by atoms with van der Waals surface area (Å²) in [4.78, 5) is 0. The Labute approximate surface area is 132 Å². The highest BCUT2D eigenvalue weighted by Gasteiger charge is 2.09. The van der Waals surface area contributed by atoms with Crippen molar-refractivity contribution in [1.82, 2.24) is 14.9 Å². The Morgan fingerprint density at radius 1 is 1.36 bits per heavy atom. The van der Waals surface area contributed by atoms with Crippen molar-refractivity contribution < 1.29 is 9.15 Å². The number of nitrogens with zero attached hydrogens (tertiary/aromatic N) is 3. The highest BCUT2D eigenvalue weighted by molar-refractivity contribution is 7.71. The highest BCUT2D eigenvalue weighted by Crippen LogP contribution is 2.22. The number of methoxy groups -OCH3 is 1. The minimum Gasteiger partial charge on any atom is -0.497 e. The lowest BCUT2D eigenvalue weighted by molar-refractivity contribution is 0.415. The Hall–Kier alpha value is -2.67. The van der Waals surface area contributed by atoms with Crippen LogP contribution >= 0.6 is 12.2 Å². The lowest BCUT2D eigenvalue weighted by Gasteiger charge is -2.03. The SMILES string of the molecule is COc1cccc(-c2n[nH]c(=S)n2/N=C\c2ccc(C)o2)c1. The zero-order chi connectivity index (χ0) is 15.5. The normalized spacial score (nSPS) is 11.2. The summed E-state index contributed by atoms with van der Waals surface area (Å²) in [5.41, 5.74) is 0.847. The lowest BCUT2D eigenvalue weighted by atomic mass is 10.2. The summed E-state index contributed by atoms with van der Waals surface area (Å²) in [5.74, 6) is 2.81. The van der Waals surface area contributed by atoms with E-state index in [4.69, 9.17) is 21.4 Å². The van der Waals surface area contributed by atoms with Crippen LogP contribution in [0.2, 0.25) is 0 Å². The second-order valence-corrected chi connectivity index (χ2v) is 4.98. The van der Waals surface area contributed by atoms with Gasteiger partial charge in [-0.25, -0.2) is 5.10 Å². The molecule has 0 spiro atoms. The van der Waals surface area contributed by atoms with Gasteiger partial charge in [0.15, 0.2) is 5.82 Å². The molecule has 112 valence electrons. The molecule has 3 rings (SSSR count). The molecule has 7 heteroatoms. The van der Waals surface area contributed by atoms with Gasteiger partial charge in [0, 0.05) is 5.56 Å². The van der Waals surface area contributed by atoms with E-state index >= 15 is 0 Å². The number of nitrogens with one attached hydrogen (secondary N) is 1. The van der Waals surface area contributed by atoms with Crippen molar-refractivity contribution in [2.45, 2.75) is 6.92 Å². The molecule has 2 aromatic heterocycles. The summed E-state index contributed by atoms with van der Waals surface area (Å²) in [6, 6.07) is 11.2. The minimum absolute atomic E-state index is 0.400. The second kappa shape index (κ2) is 5.98. The fourth-order valence-corrected chi connectivity index (χ4v) is 2.16. The summed E-state index contributed by atoms with van der Waals surface area (Å²) in [7, 11) is 1.62. The molecule has 0 aliphatic rings. The topological polar surface area (TPSA) is 68.3 Å². The number of aromatic nitrogens is 3. The maximum Gasteiger partial charge on any atom is 0.216 e. The quantitative estimate of drug-likeness (QED) is 0.592. The van der Waals surface area contributed by atoms with Crippen molar-refractivity contribution in [3.63, 3.8) is 0 Å². The van der Waals surface area contributed by atoms with Crippen LogP contribution in [0.3, 0.4) is 0 Å². The Morgan fingerprint density at radius 2 is 2.23 bits per heavy atom. The first-order chi connectivity index (χ1) is 10.7. The molecule has 0 unspecified atom stereocenters. The van der Waals surface area contributed by atoms with Gasteiger partial charge in [-0.15, -0.1) is 0 Å². The van der Waals surface area contributed by atoms with E-state index in [0.717, 1.165) is 17.1 Å². The lowest BCUT2D eigenvalue weighted by Crippen LogP contribution is -1.95. The van der Waals surface area contributed by atoms with Gasteiger partial charge in [-0.1, -0.05) is 12.1 Å². The van der Waals surface area contributed by atoms with E-state index in [1.54, 1.807) is 18.0 Å². The van der Waals surface area contributed by atoms with Crippen LogP contribution in [0.25, 0.3) is 11.4 Å². The molecule has 2 heterocycles. The van der Waals surface area contributed by atoms with E-state index in [1.807, 2.05) is 43.3 Å². The Kier molecular flexibility index (Phi) is 3.88. The Morgan fingerprint density at radius 3 is 2.95 bits per heavy atom. The molecule has 0 fully saturated rings. The van der Waals surface area contributed by atoms with Gasteiger partial charge in [0.25, 0.3) is 0 Å². The van der Waals surface area contributed by atoms with E-state index < -0.39 is 0 Å². The van der Waals surface area contributed by atoms with Crippen molar-refractivity contribution in [3.8, 4) is 17.1 Å². The zero-order valence-electron chi connectivity index (χ0n) is 12.1. The fraction of sp³-hybridized carbons (Fsp3) is 0.133. The van der Waals surface area contributed by atoms with Crippen LogP contribution in [0, 0.1) is 11.7 Å². The molecule has 3 aromatic rings. The smallest absolute Gasteiger partial charge is 0.216 e. The Balaban J connectivity index is 2.00. The molecule has 6 nitrogen and oxygen atoms in total. The van der Waals surface area contributed by atoms with Crippen LogP contribution in [-0.4, -0.2) is 28.2 Å². The molecule has 1 aromatic carbocycles. The number of ether oxygens (including phenoxy) is 1. The van der Waals surface area contributed by atoms with Gasteiger partial charge < -0.3 is 9.15 Å². The molecule has 0 amide bonds. The Bertz CT molecular complexity index is 876. The van der Waals surface area contributed by atoms with Crippen molar-refractivity contribution in [2.24, 2.45) is 5.10 Å². The molecule has 22 heavy (non-hydrogen) atoms. The summed E-state index contributed by atoms with van der Waals surface area (Å²) < 4.78 is 12.6. The number of rotatable bonds is 4. The first-order valence-electron chi connectivity index (χ1n) is 6.60. The van der Waals surface area contributed by atoms with Crippen LogP contribution in [0.1, 0.15) is 11.5 Å². The van der Waals surface area contributed by atoms with E-state index in [-0.39, 0.29) is 0 Å². The fourth-order valence-electron chi connectivity index (χ4n) is 1.99. The van der Waals surface area contributed by atoms with Crippen LogP contribution < -0.4 is 4.74 Å². The van der Waals surface area contributed by atoms with Crippen LogP contribution in [0.5, 0.6) is 5.75 Å². The minimum atomic E-state index is 0.400. The van der Waals surface area contributed by atoms with Gasteiger partial charge in [0.1, 0.15) is 17.3 Å². The molecule has 0 atom stereocenters. The van der Waals surface area contributed by atoms with Crippen LogP contribution in [-0.2, 0) is 0 Å². The average molecular weight is 314 g/mol. The summed E-state index contributed by atoms with van der Waals surface area (Å²) in [5, 5.41) is 11.3. The van der Waals surface area contributed by atoms with E-state index in [9.17, 15) is 0 Å². The van der Waals surface area contributed by atoms with Crippen molar-refractivity contribution >= 4 is 18.4 Å². The van der Waals surface area contributed by atoms with Crippen molar-refractivity contribution in [1.29, 1.82) is 0 Å². The molecule has 0 radical (unpaired) electrons. The predicted octanol–water partition coefficient (Wildman–Crippen LogP) is 3.40. The molecular formula is C15H14N4O2S. The van der Waals surface area contributed by atoms with E-state index in [0.29, 0.717) is 16.4 Å². The standard InChI is InChI=1S/C15H14N4O2S/c1-10-6-7-13(21-10)9-16-19-14(17-18-15(19)22)11-4-3-5-12(8-11)20-2/h3-9H,1-2H3,(H,18,22)/b16-9-. The van der Waals surface area contributed by atoms with Gasteiger partial charge in [-0.3, -0.25) is 0 Å². The van der Waals surface area contributed by atoms with Crippen molar-refractivity contribution in [2.75, 3.05) is 7.11 Å². The third kappa shape index (κ3) is 2.84. The number of hydrogen-bond donors (Lipinski definition) is 1. The predicted molar refractivity (Wildman–Crippen MR) is 85.8 cm³/mol. The summed E-state index contributed by atoms with van der Waals surface area (Å²) in [6.45, 7) is 1.88. The molecule has 1 N–H and O–H groups in total. The number of furan rings is 1. The first kappa shape index (κ1) is 14.3. The summed E-state index contributed by atoms with van der Waals surface area (Å²) >= 11 is 5.22. The molecule has 0 bridgehead atoms. The van der Waals surface area contributed by atoms with Gasteiger partial charge in [-0.2, -0.15) is 14.9 Å². The second-order valence-electron chi connectivity index (χ2n) is 4.59. The number of aromatic amines is 1. The third-order valence-corrected chi connectivity index (χ3v) is 3.30. The van der Waals surface area contributed by atoms with Gasteiger partial charge >= 0.3 is 0 Å². The highest BCUT2D eigenvalue weighted by atomic mass is 32.1. The molecule has 0 saturated heterocycles. The van der Waals surface area contributed by atoms with Crippen molar-refractivity contribution in [3.05, 3.63) is 52.7 Å². The third-order valence-electron chi connectivity index (χ3n) is 3.04. The van der Waals surface area contributed by atoms with Crippen LogP contribution in [0.15, 0.2) is 45.9 Å². The zero-order valence-corrected chi connectivity index (χ0v) is 12.9. The monoisotopic (exact) mass is 314 g/mol. The summed E-state index contributed by atoms with van der Waals surface area (Å²) in [6.07, 6.45) is 1.60. The molecule has 0 aliphatic carbocycles. The largest absolute Gasteiger partial charge is 0.497 e.